The maximum Gasteiger partial charge on any atom is 0.136 e. The lowest BCUT2D eigenvalue weighted by Crippen LogP contribution is -1.86. The third kappa shape index (κ3) is 3.24. The Morgan fingerprint density at radius 2 is 1.94 bits per heavy atom. The first-order chi connectivity index (χ1) is 8.29. The fourth-order valence-corrected chi connectivity index (χ4v) is 2.37. The zero-order valence-corrected chi connectivity index (χ0v) is 10.3. The molecule has 0 radical (unpaired) electrons. The molecule has 0 fully saturated rings. The van der Waals surface area contributed by atoms with E-state index in [4.69, 9.17) is 4.74 Å². The molecule has 0 aromatic heterocycles. The normalized spacial score (nSPS) is 10.2. The van der Waals surface area contributed by atoms with Gasteiger partial charge in [0.2, 0.25) is 0 Å². The number of rotatable bonds is 4. The van der Waals surface area contributed by atoms with Crippen LogP contribution in [-0.2, 0) is 5.75 Å². The van der Waals surface area contributed by atoms with Gasteiger partial charge in [0.05, 0.1) is 7.11 Å². The van der Waals surface area contributed by atoms with Crippen LogP contribution in [0.4, 0.5) is 4.39 Å². The Labute approximate surface area is 105 Å². The number of hydrogen-bond acceptors (Lipinski definition) is 2. The van der Waals surface area contributed by atoms with Gasteiger partial charge in [-0.1, -0.05) is 24.3 Å². The van der Waals surface area contributed by atoms with Crippen molar-refractivity contribution in [2.24, 2.45) is 0 Å². The zero-order chi connectivity index (χ0) is 12.1. The highest BCUT2D eigenvalue weighted by molar-refractivity contribution is 7.98. The number of thioether (sulfide) groups is 1. The quantitative estimate of drug-likeness (QED) is 0.752. The molecular formula is C14H13FOS. The number of ether oxygens (including phenoxy) is 1. The van der Waals surface area contributed by atoms with Gasteiger partial charge in [-0.3, -0.25) is 0 Å². The summed E-state index contributed by atoms with van der Waals surface area (Å²) in [6.07, 6.45) is 0. The molecule has 88 valence electrons. The average molecular weight is 248 g/mol. The molecule has 0 aliphatic heterocycles. The van der Waals surface area contributed by atoms with Crippen molar-refractivity contribution < 1.29 is 9.13 Å². The van der Waals surface area contributed by atoms with E-state index in [2.05, 4.69) is 0 Å². The van der Waals surface area contributed by atoms with Crippen molar-refractivity contribution in [3.63, 3.8) is 0 Å². The van der Waals surface area contributed by atoms with Crippen molar-refractivity contribution in [3.8, 4) is 5.75 Å². The monoisotopic (exact) mass is 248 g/mol. The summed E-state index contributed by atoms with van der Waals surface area (Å²) in [6.45, 7) is 0. The summed E-state index contributed by atoms with van der Waals surface area (Å²) in [4.78, 5) is 0.676. The molecule has 0 N–H and O–H groups in total. The van der Waals surface area contributed by atoms with Crippen molar-refractivity contribution in [3.05, 3.63) is 59.9 Å². The van der Waals surface area contributed by atoms with Gasteiger partial charge in [0.15, 0.2) is 0 Å². The van der Waals surface area contributed by atoms with Crippen LogP contribution >= 0.6 is 11.8 Å². The van der Waals surface area contributed by atoms with Gasteiger partial charge >= 0.3 is 0 Å². The molecule has 2 rings (SSSR count). The molecule has 17 heavy (non-hydrogen) atoms. The second kappa shape index (κ2) is 5.73. The summed E-state index contributed by atoms with van der Waals surface area (Å²) in [5.41, 5.74) is 1.12. The van der Waals surface area contributed by atoms with Gasteiger partial charge in [0, 0.05) is 10.6 Å². The van der Waals surface area contributed by atoms with E-state index in [9.17, 15) is 4.39 Å². The first kappa shape index (κ1) is 12.0. The van der Waals surface area contributed by atoms with Crippen LogP contribution in [0.5, 0.6) is 5.75 Å². The third-order valence-electron chi connectivity index (χ3n) is 2.37. The van der Waals surface area contributed by atoms with Gasteiger partial charge in [0.1, 0.15) is 11.6 Å². The summed E-state index contributed by atoms with van der Waals surface area (Å²) in [5.74, 6) is 1.40. The van der Waals surface area contributed by atoms with Gasteiger partial charge in [-0.25, -0.2) is 4.39 Å². The lowest BCUT2D eigenvalue weighted by molar-refractivity contribution is 0.414. The predicted molar refractivity (Wildman–Crippen MR) is 69.0 cm³/mol. The Morgan fingerprint density at radius 3 is 2.71 bits per heavy atom. The van der Waals surface area contributed by atoms with Crippen LogP contribution < -0.4 is 4.74 Å². The number of benzene rings is 2. The van der Waals surface area contributed by atoms with E-state index in [1.807, 2.05) is 30.3 Å². The predicted octanol–water partition coefficient (Wildman–Crippen LogP) is 4.13. The van der Waals surface area contributed by atoms with Crippen LogP contribution in [0.25, 0.3) is 0 Å². The van der Waals surface area contributed by atoms with E-state index >= 15 is 0 Å². The number of halogens is 1. The van der Waals surface area contributed by atoms with Gasteiger partial charge in [-0.05, 0) is 29.8 Å². The molecule has 2 aromatic rings. The molecule has 0 spiro atoms. The van der Waals surface area contributed by atoms with Crippen molar-refractivity contribution >= 4 is 11.8 Å². The van der Waals surface area contributed by atoms with Crippen LogP contribution in [0.1, 0.15) is 5.56 Å². The van der Waals surface area contributed by atoms with E-state index in [1.54, 1.807) is 19.2 Å². The summed E-state index contributed by atoms with van der Waals surface area (Å²) < 4.78 is 18.5. The molecule has 2 aromatic carbocycles. The molecule has 0 aliphatic carbocycles. The standard InChI is InChI=1S/C14H13FOS/c1-16-12-6-4-5-11(9-12)10-17-14-8-3-2-7-13(14)15/h2-9H,10H2,1H3. The molecule has 3 heteroatoms. The molecule has 0 saturated carbocycles. The summed E-state index contributed by atoms with van der Waals surface area (Å²) >= 11 is 1.49. The number of hydrogen-bond donors (Lipinski definition) is 0. The van der Waals surface area contributed by atoms with Crippen molar-refractivity contribution in [1.82, 2.24) is 0 Å². The third-order valence-corrected chi connectivity index (χ3v) is 3.48. The molecule has 0 saturated heterocycles. The van der Waals surface area contributed by atoms with E-state index in [1.165, 1.54) is 17.8 Å². The van der Waals surface area contributed by atoms with Crippen LogP contribution in [0.3, 0.4) is 0 Å². The average Bonchev–Trinajstić information content (AvgIpc) is 2.38. The van der Waals surface area contributed by atoms with Crippen LogP contribution in [0.15, 0.2) is 53.4 Å². The number of methoxy groups -OCH3 is 1. The summed E-state index contributed by atoms with van der Waals surface area (Å²) in [6, 6.07) is 14.6. The minimum absolute atomic E-state index is 0.166. The summed E-state index contributed by atoms with van der Waals surface area (Å²) in [5, 5.41) is 0. The molecule has 0 heterocycles. The fourth-order valence-electron chi connectivity index (χ4n) is 1.49. The molecule has 0 amide bonds. The van der Waals surface area contributed by atoms with Crippen LogP contribution in [-0.4, -0.2) is 7.11 Å². The van der Waals surface area contributed by atoms with Crippen LogP contribution in [0.2, 0.25) is 0 Å². The van der Waals surface area contributed by atoms with E-state index in [0.29, 0.717) is 4.90 Å². The van der Waals surface area contributed by atoms with Crippen molar-refractivity contribution in [2.75, 3.05) is 7.11 Å². The Kier molecular flexibility index (Phi) is 4.04. The second-order valence-electron chi connectivity index (χ2n) is 3.57. The first-order valence-electron chi connectivity index (χ1n) is 5.30. The largest absolute Gasteiger partial charge is 0.497 e. The van der Waals surface area contributed by atoms with Gasteiger partial charge in [-0.2, -0.15) is 0 Å². The maximum absolute atomic E-state index is 13.4. The topological polar surface area (TPSA) is 9.23 Å². The van der Waals surface area contributed by atoms with Crippen molar-refractivity contribution in [1.29, 1.82) is 0 Å². The molecule has 0 unspecified atom stereocenters. The van der Waals surface area contributed by atoms with Gasteiger partial charge in [0.25, 0.3) is 0 Å². The maximum atomic E-state index is 13.4. The zero-order valence-electron chi connectivity index (χ0n) is 9.52. The molecule has 1 nitrogen and oxygen atoms in total. The lowest BCUT2D eigenvalue weighted by atomic mass is 10.2. The molecule has 0 atom stereocenters. The molecule has 0 bridgehead atoms. The van der Waals surface area contributed by atoms with Gasteiger partial charge < -0.3 is 4.74 Å². The minimum Gasteiger partial charge on any atom is -0.497 e. The Hall–Kier alpha value is -1.48. The lowest BCUT2D eigenvalue weighted by Gasteiger charge is -2.05. The van der Waals surface area contributed by atoms with Gasteiger partial charge in [-0.15, -0.1) is 11.8 Å². The molecular weight excluding hydrogens is 235 g/mol. The fraction of sp³-hybridized carbons (Fsp3) is 0.143. The SMILES string of the molecule is COc1cccc(CSc2ccccc2F)c1. The Bertz CT molecular complexity index is 499. The Morgan fingerprint density at radius 1 is 1.12 bits per heavy atom. The smallest absolute Gasteiger partial charge is 0.136 e. The highest BCUT2D eigenvalue weighted by atomic mass is 32.2. The minimum atomic E-state index is -0.166. The van der Waals surface area contributed by atoms with Crippen LogP contribution in [0, 0.1) is 5.82 Å². The summed E-state index contributed by atoms with van der Waals surface area (Å²) in [7, 11) is 1.64. The van der Waals surface area contributed by atoms with Crippen molar-refractivity contribution in [2.45, 2.75) is 10.6 Å². The van der Waals surface area contributed by atoms with E-state index in [0.717, 1.165) is 17.1 Å². The Balaban J connectivity index is 2.05. The highest BCUT2D eigenvalue weighted by Gasteiger charge is 2.02. The van der Waals surface area contributed by atoms with E-state index < -0.39 is 0 Å². The second-order valence-corrected chi connectivity index (χ2v) is 4.59. The highest BCUT2D eigenvalue weighted by Crippen LogP contribution is 2.26. The first-order valence-corrected chi connectivity index (χ1v) is 6.28. The van der Waals surface area contributed by atoms with E-state index in [-0.39, 0.29) is 5.82 Å². The molecule has 0 aliphatic rings.